The van der Waals surface area contributed by atoms with Crippen molar-refractivity contribution in [3.8, 4) is 0 Å². The van der Waals surface area contributed by atoms with Crippen LogP contribution < -0.4 is 0 Å². The van der Waals surface area contributed by atoms with Crippen molar-refractivity contribution in [3.05, 3.63) is 5.53 Å². The zero-order valence-electron chi connectivity index (χ0n) is 7.96. The predicted octanol–water partition coefficient (Wildman–Crippen LogP) is 2.23. The minimum absolute atomic E-state index is 0.0332. The molecule has 4 fully saturated rings. The average molecular weight is 258 g/mol. The molecule has 4 heterocycles. The minimum atomic E-state index is -0.200. The van der Waals surface area contributed by atoms with Gasteiger partial charge in [0, 0.05) is 5.41 Å². The first-order valence-electron chi connectivity index (χ1n) is 4.90. The number of ketones is 1. The van der Waals surface area contributed by atoms with Crippen LogP contribution in [0, 0.1) is 5.41 Å². The summed E-state index contributed by atoms with van der Waals surface area (Å²) in [4.78, 5) is 14.9. The Kier molecular flexibility index (Phi) is 2.43. The second-order valence-corrected chi connectivity index (χ2v) is 9.32. The van der Waals surface area contributed by atoms with Crippen molar-refractivity contribution in [1.82, 2.24) is 0 Å². The molecule has 0 aromatic heterocycles. The largest absolute Gasteiger partial charge is 0.361 e. The zero-order valence-corrected chi connectivity index (χ0v) is 10.4. The molecule has 6 heteroatoms. The van der Waals surface area contributed by atoms with Crippen molar-refractivity contribution in [2.24, 2.45) is 5.41 Å². The SMILES string of the molecule is [N-]=[N+]=CC(=O)C12CC3SC(C1)SC(C2)S3. The lowest BCUT2D eigenvalue weighted by Crippen LogP contribution is -2.49. The molecule has 4 saturated heterocycles. The molecule has 0 aromatic rings. The van der Waals surface area contributed by atoms with Crippen LogP contribution in [0.2, 0.25) is 0 Å². The van der Waals surface area contributed by atoms with Gasteiger partial charge >= 0.3 is 6.21 Å². The number of thioether (sulfide) groups is 3. The lowest BCUT2D eigenvalue weighted by Gasteiger charge is -2.53. The molecule has 0 radical (unpaired) electrons. The van der Waals surface area contributed by atoms with Crippen LogP contribution in [0.5, 0.6) is 0 Å². The molecular weight excluding hydrogens is 248 g/mol. The molecule has 0 unspecified atom stereocenters. The molecule has 80 valence electrons. The third-order valence-electron chi connectivity index (χ3n) is 3.28. The molecule has 0 N–H and O–H groups in total. The molecule has 4 rings (SSSR count). The maximum absolute atomic E-state index is 12.0. The maximum Gasteiger partial charge on any atom is 0.323 e. The standard InChI is InChI=1S/C9H10N2OS3/c10-11-4-5(12)9-1-6-13-7(2-9)15-8(3-9)14-6/h4,6-8H,1-3H2. The fourth-order valence-corrected chi connectivity index (χ4v) is 9.92. The summed E-state index contributed by atoms with van der Waals surface area (Å²) >= 11 is 6.02. The highest BCUT2D eigenvalue weighted by molar-refractivity contribution is 8.33. The molecule has 4 aliphatic heterocycles. The fraction of sp³-hybridized carbons (Fsp3) is 0.778. The van der Waals surface area contributed by atoms with Crippen molar-refractivity contribution in [3.63, 3.8) is 0 Å². The topological polar surface area (TPSA) is 53.5 Å². The van der Waals surface area contributed by atoms with Crippen LogP contribution in [0.3, 0.4) is 0 Å². The quantitative estimate of drug-likeness (QED) is 0.433. The number of rotatable bonds is 2. The lowest BCUT2D eigenvalue weighted by atomic mass is 9.75. The van der Waals surface area contributed by atoms with Gasteiger partial charge in [-0.3, -0.25) is 4.79 Å². The molecule has 0 saturated carbocycles. The summed E-state index contributed by atoms with van der Waals surface area (Å²) < 4.78 is 1.75. The smallest absolute Gasteiger partial charge is 0.323 e. The zero-order chi connectivity index (χ0) is 10.5. The van der Waals surface area contributed by atoms with E-state index in [4.69, 9.17) is 5.53 Å². The monoisotopic (exact) mass is 258 g/mol. The Bertz CT molecular complexity index is 329. The molecule has 0 atom stereocenters. The highest BCUT2D eigenvalue weighted by Gasteiger charge is 2.56. The highest BCUT2D eigenvalue weighted by atomic mass is 32.3. The Balaban J connectivity index is 1.92. The molecule has 0 amide bonds. The van der Waals surface area contributed by atoms with Gasteiger partial charge in [-0.15, -0.1) is 35.3 Å². The number of Topliss-reactive ketones (excluding diaryl/α,β-unsaturated/α-hetero) is 1. The van der Waals surface area contributed by atoms with E-state index in [9.17, 15) is 4.79 Å². The van der Waals surface area contributed by atoms with Crippen LogP contribution in [0.1, 0.15) is 19.3 Å². The summed E-state index contributed by atoms with van der Waals surface area (Å²) in [6.07, 6.45) is 3.98. The number of carbonyl (C=O) groups is 1. The van der Waals surface area contributed by atoms with E-state index in [1.54, 1.807) is 0 Å². The Morgan fingerprint density at radius 2 is 1.67 bits per heavy atom. The van der Waals surface area contributed by atoms with Gasteiger partial charge in [0.2, 0.25) is 5.78 Å². The third kappa shape index (κ3) is 1.58. The van der Waals surface area contributed by atoms with Gasteiger partial charge in [0.05, 0.1) is 13.7 Å². The van der Waals surface area contributed by atoms with E-state index in [2.05, 4.69) is 4.79 Å². The minimum Gasteiger partial charge on any atom is -0.361 e. The molecular formula is C9H10N2OS3. The van der Waals surface area contributed by atoms with Crippen LogP contribution in [0.15, 0.2) is 0 Å². The summed E-state index contributed by atoms with van der Waals surface area (Å²) in [6.45, 7) is 0. The van der Waals surface area contributed by atoms with Gasteiger partial charge in [-0.1, -0.05) is 0 Å². The van der Waals surface area contributed by atoms with Crippen molar-refractivity contribution in [2.45, 2.75) is 33.0 Å². The first-order valence-corrected chi connectivity index (χ1v) is 7.73. The first kappa shape index (κ1) is 10.3. The Morgan fingerprint density at radius 1 is 1.20 bits per heavy atom. The Hall–Kier alpha value is 0.100. The van der Waals surface area contributed by atoms with Gasteiger partial charge in [-0.05, 0) is 19.3 Å². The molecule has 4 bridgehead atoms. The molecule has 4 aliphatic rings. The van der Waals surface area contributed by atoms with Crippen LogP contribution in [-0.2, 0) is 4.79 Å². The number of nitrogens with zero attached hydrogens (tertiary/aromatic N) is 2. The summed E-state index contributed by atoms with van der Waals surface area (Å²) in [5.74, 6) is 0.0332. The number of carbonyl (C=O) groups excluding carboxylic acids is 1. The van der Waals surface area contributed by atoms with Crippen molar-refractivity contribution < 1.29 is 9.58 Å². The first-order chi connectivity index (χ1) is 7.22. The Labute approximate surface area is 101 Å². The van der Waals surface area contributed by atoms with Crippen molar-refractivity contribution >= 4 is 47.3 Å². The van der Waals surface area contributed by atoms with Crippen LogP contribution in [-0.4, -0.2) is 30.5 Å². The van der Waals surface area contributed by atoms with Crippen LogP contribution >= 0.6 is 35.3 Å². The van der Waals surface area contributed by atoms with Gasteiger partial charge in [0.1, 0.15) is 0 Å². The summed E-state index contributed by atoms with van der Waals surface area (Å²) in [5, 5.41) is 0. The van der Waals surface area contributed by atoms with Gasteiger partial charge < -0.3 is 5.53 Å². The number of hydrogen-bond donors (Lipinski definition) is 0. The molecule has 0 aliphatic carbocycles. The lowest BCUT2D eigenvalue weighted by molar-refractivity contribution is -0.126. The molecule has 3 nitrogen and oxygen atoms in total. The van der Waals surface area contributed by atoms with E-state index in [0.29, 0.717) is 13.7 Å². The highest BCUT2D eigenvalue weighted by Crippen LogP contribution is 2.66. The fourth-order valence-electron chi connectivity index (χ4n) is 2.59. The normalized spacial score (nSPS) is 46.3. The van der Waals surface area contributed by atoms with E-state index in [0.717, 1.165) is 25.5 Å². The summed E-state index contributed by atoms with van der Waals surface area (Å²) in [6, 6.07) is 0. The van der Waals surface area contributed by atoms with E-state index >= 15 is 0 Å². The van der Waals surface area contributed by atoms with Gasteiger partial charge in [-0.25, -0.2) is 0 Å². The summed E-state index contributed by atoms with van der Waals surface area (Å²) in [7, 11) is 0. The summed E-state index contributed by atoms with van der Waals surface area (Å²) in [5.41, 5.74) is 8.27. The van der Waals surface area contributed by atoms with Crippen molar-refractivity contribution in [1.29, 1.82) is 0 Å². The predicted molar refractivity (Wildman–Crippen MR) is 65.1 cm³/mol. The third-order valence-corrected chi connectivity index (χ3v) is 8.10. The van der Waals surface area contributed by atoms with E-state index in [1.807, 2.05) is 35.3 Å². The van der Waals surface area contributed by atoms with Crippen molar-refractivity contribution in [2.75, 3.05) is 0 Å². The average Bonchev–Trinajstić information content (AvgIpc) is 2.15. The van der Waals surface area contributed by atoms with Gasteiger partial charge in [0.15, 0.2) is 0 Å². The maximum atomic E-state index is 12.0. The number of hydrogen-bond acceptors (Lipinski definition) is 4. The molecule has 0 aromatic carbocycles. The van der Waals surface area contributed by atoms with Gasteiger partial charge in [-0.2, -0.15) is 4.79 Å². The van der Waals surface area contributed by atoms with E-state index in [-0.39, 0.29) is 11.2 Å². The Morgan fingerprint density at radius 3 is 2.07 bits per heavy atom. The molecule has 15 heavy (non-hydrogen) atoms. The van der Waals surface area contributed by atoms with Crippen LogP contribution in [0.25, 0.3) is 5.53 Å². The molecule has 0 spiro atoms. The van der Waals surface area contributed by atoms with Gasteiger partial charge in [0.25, 0.3) is 0 Å². The van der Waals surface area contributed by atoms with E-state index < -0.39 is 0 Å². The van der Waals surface area contributed by atoms with Crippen LogP contribution in [0.4, 0.5) is 0 Å². The second-order valence-electron chi connectivity index (χ2n) is 4.20. The van der Waals surface area contributed by atoms with E-state index in [1.165, 1.54) is 0 Å². The second kappa shape index (κ2) is 3.55.